The minimum absolute atomic E-state index is 0.00489. The fraction of sp³-hybridized carbons (Fsp3) is 0.250. The van der Waals surface area contributed by atoms with Crippen LogP contribution in [0.25, 0.3) is 0 Å². The smallest absolute Gasteiger partial charge is 0.364 e. The molecule has 0 bridgehead atoms. The molecular formula is C16H17N5OS. The minimum atomic E-state index is 0.00489. The van der Waals surface area contributed by atoms with Gasteiger partial charge in [0.25, 0.3) is 0 Å². The third-order valence-electron chi connectivity index (χ3n) is 2.87. The Labute approximate surface area is 139 Å². The summed E-state index contributed by atoms with van der Waals surface area (Å²) in [5.74, 6) is 0.516. The SMILES string of the molecule is Cc1ccc(SCc2c[n+]([O-])c(N=CN(C)C)c(C#N)n2)cc1. The number of aliphatic imine (C=N–C) groups is 1. The van der Waals surface area contributed by atoms with Gasteiger partial charge in [0, 0.05) is 24.7 Å². The predicted octanol–water partition coefficient (Wildman–Crippen LogP) is 2.41. The molecule has 0 atom stereocenters. The third-order valence-corrected chi connectivity index (χ3v) is 3.91. The Kier molecular flexibility index (Phi) is 5.55. The number of aryl methyl sites for hydroxylation is 1. The van der Waals surface area contributed by atoms with Crippen LogP contribution in [0.2, 0.25) is 0 Å². The first-order valence-electron chi connectivity index (χ1n) is 6.93. The van der Waals surface area contributed by atoms with E-state index in [0.29, 0.717) is 16.2 Å². The average molecular weight is 327 g/mol. The number of nitriles is 1. The standard InChI is InChI=1S/C16H17N5OS/c1-12-4-6-14(7-5-12)23-10-13-9-21(22)16(15(8-17)19-13)18-11-20(2)3/h4-7,9,11H,10H2,1-3H3. The van der Waals surface area contributed by atoms with Gasteiger partial charge in [-0.3, -0.25) is 0 Å². The van der Waals surface area contributed by atoms with E-state index in [4.69, 9.17) is 0 Å². The van der Waals surface area contributed by atoms with Crippen LogP contribution in [0.3, 0.4) is 0 Å². The zero-order valence-corrected chi connectivity index (χ0v) is 14.0. The summed E-state index contributed by atoms with van der Waals surface area (Å²) in [6, 6.07) is 10.0. The number of rotatable bonds is 5. The van der Waals surface area contributed by atoms with Gasteiger partial charge in [-0.15, -0.1) is 11.8 Å². The second-order valence-electron chi connectivity index (χ2n) is 5.15. The molecule has 0 unspecified atom stereocenters. The van der Waals surface area contributed by atoms with Crippen LogP contribution in [0.1, 0.15) is 17.0 Å². The zero-order valence-electron chi connectivity index (χ0n) is 13.2. The molecule has 0 radical (unpaired) electrons. The summed E-state index contributed by atoms with van der Waals surface area (Å²) in [7, 11) is 3.56. The summed E-state index contributed by atoms with van der Waals surface area (Å²) in [4.78, 5) is 11.0. The lowest BCUT2D eigenvalue weighted by Crippen LogP contribution is -2.29. The molecular weight excluding hydrogens is 310 g/mol. The molecule has 2 rings (SSSR count). The molecule has 23 heavy (non-hydrogen) atoms. The fourth-order valence-electron chi connectivity index (χ4n) is 1.75. The number of aromatic nitrogens is 2. The maximum atomic E-state index is 12.1. The summed E-state index contributed by atoms with van der Waals surface area (Å²) in [5.41, 5.74) is 1.77. The monoisotopic (exact) mass is 327 g/mol. The Balaban J connectivity index is 2.19. The first-order chi connectivity index (χ1) is 11.0. The highest BCUT2D eigenvalue weighted by molar-refractivity contribution is 7.98. The molecule has 0 amide bonds. The van der Waals surface area contributed by atoms with E-state index in [1.54, 1.807) is 30.8 Å². The molecule has 2 aromatic rings. The van der Waals surface area contributed by atoms with E-state index in [2.05, 4.69) is 9.98 Å². The first-order valence-corrected chi connectivity index (χ1v) is 7.91. The highest BCUT2D eigenvalue weighted by atomic mass is 32.2. The second-order valence-corrected chi connectivity index (χ2v) is 6.20. The molecule has 0 aliphatic rings. The fourth-order valence-corrected chi connectivity index (χ4v) is 2.53. The average Bonchev–Trinajstić information content (AvgIpc) is 2.52. The topological polar surface area (TPSA) is 79.2 Å². The molecule has 0 saturated heterocycles. The van der Waals surface area contributed by atoms with Crippen LogP contribution in [-0.2, 0) is 5.75 Å². The van der Waals surface area contributed by atoms with E-state index in [1.165, 1.54) is 18.1 Å². The zero-order chi connectivity index (χ0) is 16.8. The van der Waals surface area contributed by atoms with Crippen LogP contribution in [0.4, 0.5) is 5.82 Å². The lowest BCUT2D eigenvalue weighted by atomic mass is 10.2. The summed E-state index contributed by atoms with van der Waals surface area (Å²) < 4.78 is 0.594. The van der Waals surface area contributed by atoms with E-state index in [1.807, 2.05) is 37.3 Å². The van der Waals surface area contributed by atoms with Crippen LogP contribution in [-0.4, -0.2) is 30.3 Å². The summed E-state index contributed by atoms with van der Waals surface area (Å²) in [6.45, 7) is 2.03. The number of hydrogen-bond acceptors (Lipinski definition) is 5. The molecule has 6 nitrogen and oxygen atoms in total. The molecule has 0 saturated carbocycles. The van der Waals surface area contributed by atoms with E-state index >= 15 is 0 Å². The highest BCUT2D eigenvalue weighted by Gasteiger charge is 2.16. The number of thioether (sulfide) groups is 1. The molecule has 1 heterocycles. The molecule has 1 aromatic carbocycles. The molecule has 0 aliphatic heterocycles. The highest BCUT2D eigenvalue weighted by Crippen LogP contribution is 2.22. The van der Waals surface area contributed by atoms with Crippen molar-refractivity contribution in [3.05, 3.63) is 52.6 Å². The van der Waals surface area contributed by atoms with Crippen LogP contribution in [0, 0.1) is 23.5 Å². The van der Waals surface area contributed by atoms with Crippen molar-refractivity contribution in [2.75, 3.05) is 14.1 Å². The van der Waals surface area contributed by atoms with Gasteiger partial charge in [-0.1, -0.05) is 17.7 Å². The van der Waals surface area contributed by atoms with Crippen molar-refractivity contribution in [3.63, 3.8) is 0 Å². The van der Waals surface area contributed by atoms with Gasteiger partial charge in [0.1, 0.15) is 12.3 Å². The Bertz CT molecular complexity index is 750. The van der Waals surface area contributed by atoms with E-state index < -0.39 is 0 Å². The van der Waals surface area contributed by atoms with Gasteiger partial charge in [0.15, 0.2) is 0 Å². The van der Waals surface area contributed by atoms with Crippen molar-refractivity contribution in [2.24, 2.45) is 4.99 Å². The van der Waals surface area contributed by atoms with Crippen LogP contribution < -0.4 is 4.73 Å². The molecule has 0 fully saturated rings. The van der Waals surface area contributed by atoms with Gasteiger partial charge in [0.05, 0.1) is 5.69 Å². The Morgan fingerprint density at radius 3 is 2.70 bits per heavy atom. The van der Waals surface area contributed by atoms with Crippen LogP contribution in [0.15, 0.2) is 40.4 Å². The van der Waals surface area contributed by atoms with Crippen molar-refractivity contribution >= 4 is 23.9 Å². The quantitative estimate of drug-likeness (QED) is 0.277. The maximum absolute atomic E-state index is 12.1. The van der Waals surface area contributed by atoms with Crippen molar-refractivity contribution in [2.45, 2.75) is 17.6 Å². The largest absolute Gasteiger partial charge is 0.710 e. The Morgan fingerprint density at radius 2 is 2.09 bits per heavy atom. The van der Waals surface area contributed by atoms with Gasteiger partial charge in [-0.25, -0.2) is 9.71 Å². The van der Waals surface area contributed by atoms with Crippen molar-refractivity contribution < 1.29 is 4.73 Å². The maximum Gasteiger partial charge on any atom is 0.364 e. The predicted molar refractivity (Wildman–Crippen MR) is 90.5 cm³/mol. The van der Waals surface area contributed by atoms with Gasteiger partial charge < -0.3 is 10.1 Å². The molecule has 0 N–H and O–H groups in total. The van der Waals surface area contributed by atoms with E-state index in [-0.39, 0.29) is 11.5 Å². The van der Waals surface area contributed by atoms with Crippen molar-refractivity contribution in [3.8, 4) is 6.07 Å². The van der Waals surface area contributed by atoms with Gasteiger partial charge in [-0.2, -0.15) is 5.26 Å². The molecule has 118 valence electrons. The Hall–Kier alpha value is -2.59. The number of benzene rings is 1. The second kappa shape index (κ2) is 7.61. The van der Waals surface area contributed by atoms with Crippen molar-refractivity contribution in [1.29, 1.82) is 5.26 Å². The van der Waals surface area contributed by atoms with Gasteiger partial charge in [-0.05, 0) is 24.0 Å². The number of nitrogens with zero attached hydrogens (tertiary/aromatic N) is 5. The lowest BCUT2D eigenvalue weighted by Gasteiger charge is -2.08. The normalized spacial score (nSPS) is 10.7. The summed E-state index contributed by atoms with van der Waals surface area (Å²) >= 11 is 1.56. The number of hydrogen-bond donors (Lipinski definition) is 0. The molecule has 1 aromatic heterocycles. The van der Waals surface area contributed by atoms with Gasteiger partial charge in [0.2, 0.25) is 12.0 Å². The van der Waals surface area contributed by atoms with Crippen LogP contribution >= 0.6 is 11.8 Å². The van der Waals surface area contributed by atoms with Gasteiger partial charge >= 0.3 is 5.82 Å². The van der Waals surface area contributed by atoms with E-state index in [0.717, 1.165) is 4.90 Å². The molecule has 7 heteroatoms. The lowest BCUT2D eigenvalue weighted by molar-refractivity contribution is -0.592. The third kappa shape index (κ3) is 4.69. The van der Waals surface area contributed by atoms with Crippen LogP contribution in [0.5, 0.6) is 0 Å². The van der Waals surface area contributed by atoms with E-state index in [9.17, 15) is 10.5 Å². The summed E-state index contributed by atoms with van der Waals surface area (Å²) in [6.07, 6.45) is 2.83. The summed E-state index contributed by atoms with van der Waals surface area (Å²) in [5, 5.41) is 21.3. The molecule has 0 aliphatic carbocycles. The minimum Gasteiger partial charge on any atom is -0.710 e. The van der Waals surface area contributed by atoms with Crippen molar-refractivity contribution in [1.82, 2.24) is 9.88 Å². The Morgan fingerprint density at radius 1 is 1.39 bits per heavy atom. The molecule has 0 spiro atoms. The first kappa shape index (κ1) is 16.8.